The van der Waals surface area contributed by atoms with E-state index in [1.54, 1.807) is 6.07 Å². The highest BCUT2D eigenvalue weighted by molar-refractivity contribution is 5.92. The molecule has 0 radical (unpaired) electrons. The average Bonchev–Trinajstić information content (AvgIpc) is 3.13. The minimum Gasteiger partial charge on any atom is -0.367 e. The molecule has 2 N–H and O–H groups in total. The molecule has 1 heterocycles. The third kappa shape index (κ3) is 3.98. The summed E-state index contributed by atoms with van der Waals surface area (Å²) in [7, 11) is 0. The van der Waals surface area contributed by atoms with Crippen molar-refractivity contribution in [3.05, 3.63) is 18.1 Å². The molecule has 98 valence electrons. The van der Waals surface area contributed by atoms with E-state index in [4.69, 9.17) is 0 Å². The van der Waals surface area contributed by atoms with Gasteiger partial charge in [0.05, 0.1) is 0 Å². The van der Waals surface area contributed by atoms with Gasteiger partial charge in [-0.05, 0) is 25.2 Å². The van der Waals surface area contributed by atoms with Crippen LogP contribution in [0.4, 0.5) is 5.82 Å². The maximum Gasteiger partial charge on any atom is 0.270 e. The van der Waals surface area contributed by atoms with E-state index in [0.29, 0.717) is 24.2 Å². The summed E-state index contributed by atoms with van der Waals surface area (Å²) < 4.78 is 0. The Hall–Kier alpha value is -1.65. The van der Waals surface area contributed by atoms with Crippen molar-refractivity contribution in [2.45, 2.75) is 39.2 Å². The van der Waals surface area contributed by atoms with Crippen LogP contribution in [-0.2, 0) is 0 Å². The maximum absolute atomic E-state index is 11.9. The van der Waals surface area contributed by atoms with E-state index in [1.165, 1.54) is 19.2 Å². The van der Waals surface area contributed by atoms with Crippen LogP contribution in [-0.4, -0.2) is 28.5 Å². The van der Waals surface area contributed by atoms with Crippen LogP contribution in [0.3, 0.4) is 0 Å². The molecule has 0 bridgehead atoms. The van der Waals surface area contributed by atoms with Gasteiger partial charge in [0.2, 0.25) is 0 Å². The molecule has 1 amide bonds. The average molecular weight is 248 g/mol. The number of carbonyl (C=O) groups is 1. The third-order valence-electron chi connectivity index (χ3n) is 2.84. The molecular weight excluding hydrogens is 228 g/mol. The number of hydrogen-bond acceptors (Lipinski definition) is 4. The van der Waals surface area contributed by atoms with Crippen molar-refractivity contribution < 1.29 is 4.79 Å². The molecule has 0 spiro atoms. The van der Waals surface area contributed by atoms with Crippen LogP contribution in [0.15, 0.2) is 12.4 Å². The highest BCUT2D eigenvalue weighted by Crippen LogP contribution is 2.23. The summed E-state index contributed by atoms with van der Waals surface area (Å²) in [6.07, 6.45) is 4.77. The molecule has 1 aliphatic carbocycles. The van der Waals surface area contributed by atoms with Gasteiger partial charge in [0.15, 0.2) is 0 Å². The standard InChI is InChI=1S/C13H20N4O/c1-9(2)5-6-14-13(18)11-7-12(16-8-15-11)17-10-3-4-10/h7-10H,3-6H2,1-2H3,(H,14,18)(H,15,16,17). The summed E-state index contributed by atoms with van der Waals surface area (Å²) in [6.45, 7) is 4.95. The summed E-state index contributed by atoms with van der Waals surface area (Å²) >= 11 is 0. The number of anilines is 1. The zero-order valence-electron chi connectivity index (χ0n) is 10.9. The first kappa shape index (κ1) is 12.8. The van der Waals surface area contributed by atoms with E-state index in [1.807, 2.05) is 0 Å². The van der Waals surface area contributed by atoms with Gasteiger partial charge in [-0.1, -0.05) is 13.8 Å². The van der Waals surface area contributed by atoms with Crippen molar-refractivity contribution in [2.75, 3.05) is 11.9 Å². The zero-order valence-corrected chi connectivity index (χ0v) is 10.9. The molecule has 1 aromatic rings. The van der Waals surface area contributed by atoms with E-state index in [0.717, 1.165) is 12.2 Å². The molecule has 1 aliphatic rings. The van der Waals surface area contributed by atoms with Crippen LogP contribution in [0.2, 0.25) is 0 Å². The van der Waals surface area contributed by atoms with Gasteiger partial charge in [-0.2, -0.15) is 0 Å². The number of nitrogens with one attached hydrogen (secondary N) is 2. The Morgan fingerprint density at radius 2 is 2.22 bits per heavy atom. The molecular formula is C13H20N4O. The Morgan fingerprint density at radius 3 is 2.89 bits per heavy atom. The number of carbonyl (C=O) groups excluding carboxylic acids is 1. The molecule has 5 nitrogen and oxygen atoms in total. The highest BCUT2D eigenvalue weighted by atomic mass is 16.1. The second-order valence-electron chi connectivity index (χ2n) is 5.15. The van der Waals surface area contributed by atoms with Gasteiger partial charge >= 0.3 is 0 Å². The molecule has 1 aromatic heterocycles. The predicted octanol–water partition coefficient (Wildman–Crippen LogP) is 1.83. The summed E-state index contributed by atoms with van der Waals surface area (Å²) in [6, 6.07) is 2.24. The second-order valence-corrected chi connectivity index (χ2v) is 5.15. The summed E-state index contributed by atoms with van der Waals surface area (Å²) in [5.74, 6) is 1.20. The molecule has 0 atom stereocenters. The lowest BCUT2D eigenvalue weighted by Crippen LogP contribution is -2.26. The first-order valence-corrected chi connectivity index (χ1v) is 6.52. The Balaban J connectivity index is 1.88. The Labute approximate surface area is 107 Å². The minimum atomic E-state index is -0.128. The van der Waals surface area contributed by atoms with Crippen molar-refractivity contribution in [2.24, 2.45) is 5.92 Å². The second kappa shape index (κ2) is 5.80. The first-order valence-electron chi connectivity index (χ1n) is 6.52. The van der Waals surface area contributed by atoms with Crippen LogP contribution in [0.1, 0.15) is 43.6 Å². The van der Waals surface area contributed by atoms with Gasteiger partial charge < -0.3 is 10.6 Å². The number of aromatic nitrogens is 2. The monoisotopic (exact) mass is 248 g/mol. The molecule has 2 rings (SSSR count). The molecule has 1 saturated carbocycles. The van der Waals surface area contributed by atoms with E-state index >= 15 is 0 Å². The predicted molar refractivity (Wildman–Crippen MR) is 70.5 cm³/mol. The fourth-order valence-corrected chi connectivity index (χ4v) is 1.56. The van der Waals surface area contributed by atoms with Gasteiger partial charge in [-0.25, -0.2) is 9.97 Å². The van der Waals surface area contributed by atoms with Crippen LogP contribution < -0.4 is 10.6 Å². The zero-order chi connectivity index (χ0) is 13.0. The smallest absolute Gasteiger partial charge is 0.270 e. The van der Waals surface area contributed by atoms with Crippen LogP contribution in [0.25, 0.3) is 0 Å². The van der Waals surface area contributed by atoms with Crippen molar-refractivity contribution in [1.82, 2.24) is 15.3 Å². The number of rotatable bonds is 6. The van der Waals surface area contributed by atoms with Crippen LogP contribution in [0.5, 0.6) is 0 Å². The number of nitrogens with zero attached hydrogens (tertiary/aromatic N) is 2. The topological polar surface area (TPSA) is 66.9 Å². The summed E-state index contributed by atoms with van der Waals surface area (Å²) in [5, 5.41) is 6.12. The van der Waals surface area contributed by atoms with Crippen molar-refractivity contribution in [3.8, 4) is 0 Å². The summed E-state index contributed by atoms with van der Waals surface area (Å²) in [5.41, 5.74) is 0.428. The highest BCUT2D eigenvalue weighted by Gasteiger charge is 2.21. The molecule has 0 saturated heterocycles. The van der Waals surface area contributed by atoms with E-state index in [-0.39, 0.29) is 5.91 Å². The molecule has 1 fully saturated rings. The molecule has 0 aliphatic heterocycles. The fraction of sp³-hybridized carbons (Fsp3) is 0.615. The minimum absolute atomic E-state index is 0.128. The Kier molecular flexibility index (Phi) is 4.12. The van der Waals surface area contributed by atoms with Crippen molar-refractivity contribution in [3.63, 3.8) is 0 Å². The summed E-state index contributed by atoms with van der Waals surface area (Å²) in [4.78, 5) is 20.0. The van der Waals surface area contributed by atoms with Gasteiger partial charge in [0.1, 0.15) is 17.8 Å². The lowest BCUT2D eigenvalue weighted by Gasteiger charge is -2.08. The van der Waals surface area contributed by atoms with E-state index < -0.39 is 0 Å². The molecule has 5 heteroatoms. The van der Waals surface area contributed by atoms with Gasteiger partial charge in [-0.15, -0.1) is 0 Å². The molecule has 0 unspecified atom stereocenters. The number of amides is 1. The normalized spacial score (nSPS) is 14.6. The third-order valence-corrected chi connectivity index (χ3v) is 2.84. The SMILES string of the molecule is CC(C)CCNC(=O)c1cc(NC2CC2)ncn1. The van der Waals surface area contributed by atoms with Gasteiger partial charge in [-0.3, -0.25) is 4.79 Å². The van der Waals surface area contributed by atoms with Gasteiger partial charge in [0, 0.05) is 18.7 Å². The Morgan fingerprint density at radius 1 is 1.44 bits per heavy atom. The number of hydrogen-bond donors (Lipinski definition) is 2. The lowest BCUT2D eigenvalue weighted by atomic mass is 10.1. The van der Waals surface area contributed by atoms with E-state index in [2.05, 4.69) is 34.4 Å². The van der Waals surface area contributed by atoms with E-state index in [9.17, 15) is 4.79 Å². The molecule has 18 heavy (non-hydrogen) atoms. The molecule has 0 aromatic carbocycles. The quantitative estimate of drug-likeness (QED) is 0.806. The first-order chi connectivity index (χ1) is 8.65. The fourth-order valence-electron chi connectivity index (χ4n) is 1.56. The van der Waals surface area contributed by atoms with Crippen molar-refractivity contribution in [1.29, 1.82) is 0 Å². The van der Waals surface area contributed by atoms with Gasteiger partial charge in [0.25, 0.3) is 5.91 Å². The Bertz CT molecular complexity index is 415. The van der Waals surface area contributed by atoms with Crippen molar-refractivity contribution >= 4 is 11.7 Å². The van der Waals surface area contributed by atoms with Crippen LogP contribution >= 0.6 is 0 Å². The largest absolute Gasteiger partial charge is 0.367 e. The maximum atomic E-state index is 11.9. The van der Waals surface area contributed by atoms with Crippen LogP contribution in [0, 0.1) is 5.92 Å². The lowest BCUT2D eigenvalue weighted by molar-refractivity contribution is 0.0947.